The standard InChI is InChI=1S/C18H29FN4.HI/c1-3-20-18(22-14-16-6-4-5-7-17(16)19)21-11-8-15-9-12-23(2)13-10-15;/h4-7,15H,3,8-14H2,1-2H3,(H2,20,21,22);1H. The molecule has 0 aliphatic carbocycles. The quantitative estimate of drug-likeness (QED) is 0.399. The van der Waals surface area contributed by atoms with E-state index in [4.69, 9.17) is 0 Å². The summed E-state index contributed by atoms with van der Waals surface area (Å²) in [6.45, 7) is 6.51. The van der Waals surface area contributed by atoms with Gasteiger partial charge in [0.05, 0.1) is 6.54 Å². The Labute approximate surface area is 162 Å². The molecule has 0 amide bonds. The third-order valence-electron chi connectivity index (χ3n) is 4.39. The molecule has 136 valence electrons. The van der Waals surface area contributed by atoms with E-state index in [-0.39, 0.29) is 29.8 Å². The molecule has 2 N–H and O–H groups in total. The number of likely N-dealkylation sites (tertiary alicyclic amines) is 1. The number of hydrogen-bond acceptors (Lipinski definition) is 2. The van der Waals surface area contributed by atoms with E-state index >= 15 is 0 Å². The molecule has 1 aromatic carbocycles. The van der Waals surface area contributed by atoms with Crippen molar-refractivity contribution >= 4 is 29.9 Å². The zero-order valence-corrected chi connectivity index (χ0v) is 17.1. The van der Waals surface area contributed by atoms with Crippen LogP contribution in [0.4, 0.5) is 4.39 Å². The first-order valence-electron chi connectivity index (χ1n) is 8.63. The van der Waals surface area contributed by atoms with Gasteiger partial charge in [0, 0.05) is 18.7 Å². The number of benzene rings is 1. The van der Waals surface area contributed by atoms with Crippen LogP contribution in [0.3, 0.4) is 0 Å². The minimum absolute atomic E-state index is 0. The molecule has 24 heavy (non-hydrogen) atoms. The monoisotopic (exact) mass is 448 g/mol. The molecule has 1 aromatic rings. The molecule has 2 rings (SSSR count). The van der Waals surface area contributed by atoms with Crippen molar-refractivity contribution in [2.24, 2.45) is 10.9 Å². The Bertz CT molecular complexity index is 502. The fourth-order valence-corrected chi connectivity index (χ4v) is 2.88. The highest BCUT2D eigenvalue weighted by Gasteiger charge is 2.16. The lowest BCUT2D eigenvalue weighted by molar-refractivity contribution is 0.213. The second-order valence-electron chi connectivity index (χ2n) is 6.25. The average molecular weight is 448 g/mol. The van der Waals surface area contributed by atoms with E-state index in [9.17, 15) is 4.39 Å². The highest BCUT2D eigenvalue weighted by molar-refractivity contribution is 14.0. The molecule has 1 saturated heterocycles. The first kappa shape index (κ1) is 21.2. The molecule has 0 radical (unpaired) electrons. The van der Waals surface area contributed by atoms with E-state index in [1.165, 1.54) is 32.0 Å². The summed E-state index contributed by atoms with van der Waals surface area (Å²) in [5.74, 6) is 1.37. The Morgan fingerprint density at radius 2 is 1.96 bits per heavy atom. The number of nitrogens with one attached hydrogen (secondary N) is 2. The van der Waals surface area contributed by atoms with Crippen LogP contribution in [0, 0.1) is 11.7 Å². The van der Waals surface area contributed by atoms with Gasteiger partial charge >= 0.3 is 0 Å². The smallest absolute Gasteiger partial charge is 0.191 e. The zero-order chi connectivity index (χ0) is 16.5. The average Bonchev–Trinajstić information content (AvgIpc) is 2.56. The van der Waals surface area contributed by atoms with Crippen molar-refractivity contribution in [3.63, 3.8) is 0 Å². The number of halogens is 2. The first-order chi connectivity index (χ1) is 11.2. The summed E-state index contributed by atoms with van der Waals surface area (Å²) in [4.78, 5) is 6.88. The van der Waals surface area contributed by atoms with Gasteiger partial charge in [-0.25, -0.2) is 9.38 Å². The fourth-order valence-electron chi connectivity index (χ4n) is 2.88. The number of piperidine rings is 1. The third-order valence-corrected chi connectivity index (χ3v) is 4.39. The zero-order valence-electron chi connectivity index (χ0n) is 14.7. The summed E-state index contributed by atoms with van der Waals surface area (Å²) >= 11 is 0. The van der Waals surface area contributed by atoms with E-state index in [1.807, 2.05) is 13.0 Å². The molecular weight excluding hydrogens is 418 g/mol. The SMILES string of the molecule is CCNC(=NCc1ccccc1F)NCCC1CCN(C)CC1.I. The van der Waals surface area contributed by atoms with Crippen molar-refractivity contribution in [2.75, 3.05) is 33.2 Å². The van der Waals surface area contributed by atoms with Gasteiger partial charge in [-0.2, -0.15) is 0 Å². The Balaban J connectivity index is 0.00000288. The van der Waals surface area contributed by atoms with E-state index < -0.39 is 0 Å². The maximum Gasteiger partial charge on any atom is 0.191 e. The van der Waals surface area contributed by atoms with Gasteiger partial charge in [-0.05, 0) is 58.3 Å². The summed E-state index contributed by atoms with van der Waals surface area (Å²) < 4.78 is 13.6. The van der Waals surface area contributed by atoms with Crippen molar-refractivity contribution in [3.8, 4) is 0 Å². The molecule has 0 atom stereocenters. The number of nitrogens with zero attached hydrogens (tertiary/aromatic N) is 2. The molecule has 0 unspecified atom stereocenters. The second kappa shape index (κ2) is 11.6. The maximum atomic E-state index is 13.6. The predicted octanol–water partition coefficient (Wildman–Crippen LogP) is 3.23. The highest BCUT2D eigenvalue weighted by atomic mass is 127. The largest absolute Gasteiger partial charge is 0.357 e. The van der Waals surface area contributed by atoms with Crippen LogP contribution in [0.2, 0.25) is 0 Å². The minimum atomic E-state index is -0.196. The number of aliphatic imine (C=N–C) groups is 1. The topological polar surface area (TPSA) is 39.7 Å². The van der Waals surface area contributed by atoms with Gasteiger partial charge in [0.1, 0.15) is 5.82 Å². The lowest BCUT2D eigenvalue weighted by atomic mass is 9.94. The van der Waals surface area contributed by atoms with Crippen LogP contribution in [-0.4, -0.2) is 44.1 Å². The van der Waals surface area contributed by atoms with Crippen molar-refractivity contribution in [1.82, 2.24) is 15.5 Å². The lowest BCUT2D eigenvalue weighted by Gasteiger charge is -2.29. The molecule has 4 nitrogen and oxygen atoms in total. The summed E-state index contributed by atoms with van der Waals surface area (Å²) in [5, 5.41) is 6.60. The van der Waals surface area contributed by atoms with E-state index in [0.29, 0.717) is 12.1 Å². The van der Waals surface area contributed by atoms with Crippen LogP contribution in [0.1, 0.15) is 31.7 Å². The summed E-state index contributed by atoms with van der Waals surface area (Å²) in [7, 11) is 2.19. The molecule has 1 aliphatic heterocycles. The number of rotatable bonds is 6. The van der Waals surface area contributed by atoms with Gasteiger partial charge in [0.25, 0.3) is 0 Å². The molecule has 0 saturated carbocycles. The van der Waals surface area contributed by atoms with Crippen molar-refractivity contribution in [2.45, 2.75) is 32.7 Å². The van der Waals surface area contributed by atoms with Gasteiger partial charge in [0.2, 0.25) is 0 Å². The minimum Gasteiger partial charge on any atom is -0.357 e. The molecule has 1 heterocycles. The molecule has 6 heteroatoms. The molecule has 0 bridgehead atoms. The van der Waals surface area contributed by atoms with Gasteiger partial charge in [-0.1, -0.05) is 18.2 Å². The Kier molecular flexibility index (Phi) is 10.2. The normalized spacial score (nSPS) is 16.5. The van der Waals surface area contributed by atoms with Gasteiger partial charge in [0.15, 0.2) is 5.96 Å². The Morgan fingerprint density at radius 3 is 2.62 bits per heavy atom. The summed E-state index contributed by atoms with van der Waals surface area (Å²) in [6, 6.07) is 6.80. The van der Waals surface area contributed by atoms with Crippen molar-refractivity contribution in [1.29, 1.82) is 0 Å². The fraction of sp³-hybridized carbons (Fsp3) is 0.611. The molecular formula is C18H30FIN4. The summed E-state index contributed by atoms with van der Waals surface area (Å²) in [5.41, 5.74) is 0.625. The van der Waals surface area contributed by atoms with Crippen LogP contribution < -0.4 is 10.6 Å². The first-order valence-corrected chi connectivity index (χ1v) is 8.63. The van der Waals surface area contributed by atoms with Crippen LogP contribution in [0.25, 0.3) is 0 Å². The Hall–Kier alpha value is -0.890. The summed E-state index contributed by atoms with van der Waals surface area (Å²) in [6.07, 6.45) is 3.72. The maximum absolute atomic E-state index is 13.6. The molecule has 1 fully saturated rings. The van der Waals surface area contributed by atoms with E-state index in [1.54, 1.807) is 12.1 Å². The Morgan fingerprint density at radius 1 is 1.25 bits per heavy atom. The number of hydrogen-bond donors (Lipinski definition) is 2. The molecule has 1 aliphatic rings. The van der Waals surface area contributed by atoms with E-state index in [2.05, 4.69) is 27.6 Å². The van der Waals surface area contributed by atoms with Crippen LogP contribution in [-0.2, 0) is 6.54 Å². The van der Waals surface area contributed by atoms with Gasteiger partial charge < -0.3 is 15.5 Å². The predicted molar refractivity (Wildman–Crippen MR) is 109 cm³/mol. The van der Waals surface area contributed by atoms with Crippen LogP contribution in [0.5, 0.6) is 0 Å². The lowest BCUT2D eigenvalue weighted by Crippen LogP contribution is -2.39. The van der Waals surface area contributed by atoms with Gasteiger partial charge in [-0.15, -0.1) is 24.0 Å². The van der Waals surface area contributed by atoms with Crippen molar-refractivity contribution < 1.29 is 4.39 Å². The second-order valence-corrected chi connectivity index (χ2v) is 6.25. The van der Waals surface area contributed by atoms with Crippen LogP contribution in [0.15, 0.2) is 29.3 Å². The molecule has 0 aromatic heterocycles. The van der Waals surface area contributed by atoms with Crippen LogP contribution >= 0.6 is 24.0 Å². The van der Waals surface area contributed by atoms with E-state index in [0.717, 1.165) is 31.4 Å². The highest BCUT2D eigenvalue weighted by Crippen LogP contribution is 2.18. The third kappa shape index (κ3) is 7.34. The number of guanidine groups is 1. The van der Waals surface area contributed by atoms with Gasteiger partial charge in [-0.3, -0.25) is 0 Å². The van der Waals surface area contributed by atoms with Crippen molar-refractivity contribution in [3.05, 3.63) is 35.6 Å². The molecule has 0 spiro atoms.